The van der Waals surface area contributed by atoms with Crippen molar-refractivity contribution in [3.63, 3.8) is 0 Å². The largest absolute Gasteiger partial charge is 0.495 e. The fraction of sp³-hybridized carbons (Fsp3) is 0.0870. The van der Waals surface area contributed by atoms with Crippen LogP contribution in [0.2, 0.25) is 0 Å². The molecule has 7 heteroatoms. The first-order valence-corrected chi connectivity index (χ1v) is 9.53. The van der Waals surface area contributed by atoms with Gasteiger partial charge in [-0.3, -0.25) is 4.68 Å². The van der Waals surface area contributed by atoms with Gasteiger partial charge < -0.3 is 16.2 Å². The van der Waals surface area contributed by atoms with Crippen molar-refractivity contribution in [1.29, 1.82) is 0 Å². The van der Waals surface area contributed by atoms with Gasteiger partial charge in [-0.2, -0.15) is 5.10 Å². The summed E-state index contributed by atoms with van der Waals surface area (Å²) in [4.78, 5) is 9.18. The third kappa shape index (κ3) is 3.06. The van der Waals surface area contributed by atoms with Gasteiger partial charge in [0.15, 0.2) is 5.82 Å². The molecule has 3 aromatic carbocycles. The molecule has 0 aliphatic rings. The molecule has 148 valence electrons. The first-order valence-electron chi connectivity index (χ1n) is 9.53. The van der Waals surface area contributed by atoms with Crippen molar-refractivity contribution in [3.05, 3.63) is 72.4 Å². The molecule has 0 radical (unpaired) electrons. The molecule has 0 fully saturated rings. The predicted octanol–water partition coefficient (Wildman–Crippen LogP) is 3.87. The molecule has 5 rings (SSSR count). The molecule has 4 N–H and O–H groups in total. The molecular formula is C23H20N6O. The zero-order chi connectivity index (χ0) is 20.7. The SMILES string of the molecule is COc1cc2nc(-c3ccc4c(cnn4Cc4ccccc4)c3)nc(N)c2cc1N. The minimum absolute atomic E-state index is 0.379. The van der Waals surface area contributed by atoms with E-state index in [1.807, 2.05) is 47.3 Å². The van der Waals surface area contributed by atoms with Crippen LogP contribution >= 0.6 is 0 Å². The molecule has 0 unspecified atom stereocenters. The standard InChI is InChI=1S/C23H20N6O/c1-30-21-11-19-17(10-18(21)24)22(25)28-23(27-19)15-7-8-20-16(9-15)12-26-29(20)13-14-5-3-2-4-6-14/h2-12H,13,24H2,1H3,(H2,25,27,28). The normalized spacial score (nSPS) is 11.2. The van der Waals surface area contributed by atoms with E-state index < -0.39 is 0 Å². The number of benzene rings is 3. The molecule has 2 heterocycles. The quantitative estimate of drug-likeness (QED) is 0.447. The topological polar surface area (TPSA) is 105 Å². The van der Waals surface area contributed by atoms with E-state index in [1.165, 1.54) is 5.56 Å². The number of methoxy groups -OCH3 is 1. The van der Waals surface area contributed by atoms with Crippen molar-refractivity contribution in [3.8, 4) is 17.1 Å². The second-order valence-electron chi connectivity index (χ2n) is 7.11. The minimum Gasteiger partial charge on any atom is -0.495 e. The van der Waals surface area contributed by atoms with Crippen LogP contribution in [0, 0.1) is 0 Å². The summed E-state index contributed by atoms with van der Waals surface area (Å²) >= 11 is 0. The number of aromatic nitrogens is 4. The number of anilines is 2. The predicted molar refractivity (Wildman–Crippen MR) is 119 cm³/mol. The van der Waals surface area contributed by atoms with Crippen molar-refractivity contribution in [1.82, 2.24) is 19.7 Å². The third-order valence-corrected chi connectivity index (χ3v) is 5.15. The van der Waals surface area contributed by atoms with Gasteiger partial charge in [0.2, 0.25) is 0 Å². The van der Waals surface area contributed by atoms with E-state index in [4.69, 9.17) is 16.2 Å². The van der Waals surface area contributed by atoms with Gasteiger partial charge in [0.25, 0.3) is 0 Å². The lowest BCUT2D eigenvalue weighted by Crippen LogP contribution is -2.01. The number of hydrogen-bond acceptors (Lipinski definition) is 6. The number of nitrogens with zero attached hydrogens (tertiary/aromatic N) is 4. The van der Waals surface area contributed by atoms with Gasteiger partial charge in [-0.1, -0.05) is 30.3 Å². The maximum atomic E-state index is 6.19. The average Bonchev–Trinajstić information content (AvgIpc) is 3.16. The Morgan fingerprint density at radius 3 is 2.60 bits per heavy atom. The fourth-order valence-corrected chi connectivity index (χ4v) is 3.61. The number of nitrogens with two attached hydrogens (primary N) is 2. The molecule has 2 aromatic heterocycles. The molecule has 5 aromatic rings. The summed E-state index contributed by atoms with van der Waals surface area (Å²) < 4.78 is 7.29. The molecule has 0 aliphatic heterocycles. The fourth-order valence-electron chi connectivity index (χ4n) is 3.61. The molecule has 0 bridgehead atoms. The van der Waals surface area contributed by atoms with Gasteiger partial charge in [0.05, 0.1) is 36.6 Å². The van der Waals surface area contributed by atoms with Crippen LogP contribution < -0.4 is 16.2 Å². The Bertz CT molecular complexity index is 1380. The molecule has 0 saturated heterocycles. The van der Waals surface area contributed by atoms with Crippen molar-refractivity contribution in [2.24, 2.45) is 0 Å². The molecular weight excluding hydrogens is 376 g/mol. The Labute approximate surface area is 172 Å². The Kier molecular flexibility index (Phi) is 4.21. The third-order valence-electron chi connectivity index (χ3n) is 5.15. The summed E-state index contributed by atoms with van der Waals surface area (Å²) in [6.07, 6.45) is 1.86. The van der Waals surface area contributed by atoms with Gasteiger partial charge in [-0.05, 0) is 29.8 Å². The summed E-state index contributed by atoms with van der Waals surface area (Å²) in [7, 11) is 1.57. The van der Waals surface area contributed by atoms with E-state index in [-0.39, 0.29) is 0 Å². The van der Waals surface area contributed by atoms with Gasteiger partial charge >= 0.3 is 0 Å². The summed E-state index contributed by atoms with van der Waals surface area (Å²) in [6, 6.07) is 19.8. The van der Waals surface area contributed by atoms with Crippen LogP contribution in [0.3, 0.4) is 0 Å². The van der Waals surface area contributed by atoms with E-state index in [2.05, 4.69) is 27.2 Å². The van der Waals surface area contributed by atoms with Crippen molar-refractivity contribution in [2.75, 3.05) is 18.6 Å². The monoisotopic (exact) mass is 396 g/mol. The van der Waals surface area contributed by atoms with Gasteiger partial charge in [-0.15, -0.1) is 0 Å². The minimum atomic E-state index is 0.379. The zero-order valence-electron chi connectivity index (χ0n) is 16.4. The Balaban J connectivity index is 1.56. The van der Waals surface area contributed by atoms with Crippen LogP contribution in [-0.4, -0.2) is 26.9 Å². The second kappa shape index (κ2) is 7.04. The first-order chi connectivity index (χ1) is 14.6. The van der Waals surface area contributed by atoms with E-state index in [9.17, 15) is 0 Å². The molecule has 30 heavy (non-hydrogen) atoms. The summed E-state index contributed by atoms with van der Waals surface area (Å²) in [5, 5.41) is 6.26. The molecule has 0 atom stereocenters. The van der Waals surface area contributed by atoms with Crippen molar-refractivity contribution >= 4 is 33.3 Å². The van der Waals surface area contributed by atoms with Gasteiger partial charge in [-0.25, -0.2) is 9.97 Å². The summed E-state index contributed by atoms with van der Waals surface area (Å²) in [5.74, 6) is 1.48. The molecule has 7 nitrogen and oxygen atoms in total. The highest BCUT2D eigenvalue weighted by atomic mass is 16.5. The van der Waals surface area contributed by atoms with Crippen LogP contribution in [0.4, 0.5) is 11.5 Å². The first kappa shape index (κ1) is 17.9. The van der Waals surface area contributed by atoms with Crippen molar-refractivity contribution in [2.45, 2.75) is 6.54 Å². The Morgan fingerprint density at radius 2 is 1.80 bits per heavy atom. The zero-order valence-corrected chi connectivity index (χ0v) is 16.4. The van der Waals surface area contributed by atoms with E-state index in [1.54, 1.807) is 19.2 Å². The van der Waals surface area contributed by atoms with Crippen LogP contribution in [-0.2, 0) is 6.54 Å². The lowest BCUT2D eigenvalue weighted by atomic mass is 10.1. The molecule has 0 saturated carbocycles. The van der Waals surface area contributed by atoms with Crippen LogP contribution in [0.5, 0.6) is 5.75 Å². The number of ether oxygens (including phenoxy) is 1. The molecule has 0 amide bonds. The Morgan fingerprint density at radius 1 is 0.967 bits per heavy atom. The highest BCUT2D eigenvalue weighted by molar-refractivity contribution is 5.94. The smallest absolute Gasteiger partial charge is 0.162 e. The highest BCUT2D eigenvalue weighted by Crippen LogP contribution is 2.31. The molecule has 0 aliphatic carbocycles. The summed E-state index contributed by atoms with van der Waals surface area (Å²) in [5.41, 5.74) is 16.5. The highest BCUT2D eigenvalue weighted by Gasteiger charge is 2.12. The van der Waals surface area contributed by atoms with Gasteiger partial charge in [0, 0.05) is 22.4 Å². The average molecular weight is 396 g/mol. The van der Waals surface area contributed by atoms with E-state index >= 15 is 0 Å². The van der Waals surface area contributed by atoms with E-state index in [0.717, 1.165) is 16.5 Å². The number of fused-ring (bicyclic) bond motifs is 2. The lowest BCUT2D eigenvalue weighted by Gasteiger charge is -2.10. The van der Waals surface area contributed by atoms with Crippen molar-refractivity contribution < 1.29 is 4.74 Å². The van der Waals surface area contributed by atoms with Crippen LogP contribution in [0.1, 0.15) is 5.56 Å². The molecule has 0 spiro atoms. The van der Waals surface area contributed by atoms with Crippen LogP contribution in [0.25, 0.3) is 33.2 Å². The van der Waals surface area contributed by atoms with Gasteiger partial charge in [0.1, 0.15) is 11.6 Å². The number of nitrogen functional groups attached to an aromatic ring is 2. The van der Waals surface area contributed by atoms with E-state index in [0.29, 0.717) is 40.5 Å². The maximum absolute atomic E-state index is 6.19. The number of rotatable bonds is 4. The maximum Gasteiger partial charge on any atom is 0.162 e. The lowest BCUT2D eigenvalue weighted by molar-refractivity contribution is 0.417. The number of hydrogen-bond donors (Lipinski definition) is 2. The Hall–Kier alpha value is -4.13. The second-order valence-corrected chi connectivity index (χ2v) is 7.11. The van der Waals surface area contributed by atoms with Crippen LogP contribution in [0.15, 0.2) is 66.9 Å². The summed E-state index contributed by atoms with van der Waals surface area (Å²) in [6.45, 7) is 0.713.